The smallest absolute Gasteiger partial charge is 0.325 e. The SMILES string of the molecule is C[C@H]1CC(C)(C)C[C@]2(C1)NC(=O)N(CC(=O)NCCc1ccc(S(N)(=O)=O)cc1)C2=O. The van der Waals surface area contributed by atoms with Crippen molar-refractivity contribution in [3.8, 4) is 0 Å². The van der Waals surface area contributed by atoms with Crippen LogP contribution in [0.4, 0.5) is 4.79 Å². The van der Waals surface area contributed by atoms with Crippen LogP contribution in [0.15, 0.2) is 29.2 Å². The quantitative estimate of drug-likeness (QED) is 0.558. The van der Waals surface area contributed by atoms with Gasteiger partial charge in [-0.15, -0.1) is 0 Å². The van der Waals surface area contributed by atoms with Crippen molar-refractivity contribution in [3.05, 3.63) is 29.8 Å². The van der Waals surface area contributed by atoms with Crippen LogP contribution in [0, 0.1) is 11.3 Å². The van der Waals surface area contributed by atoms with Gasteiger partial charge in [0.15, 0.2) is 0 Å². The van der Waals surface area contributed by atoms with E-state index in [-0.39, 0.29) is 29.3 Å². The van der Waals surface area contributed by atoms with Crippen molar-refractivity contribution in [2.75, 3.05) is 13.1 Å². The zero-order valence-electron chi connectivity index (χ0n) is 18.1. The van der Waals surface area contributed by atoms with Gasteiger partial charge in [0.2, 0.25) is 15.9 Å². The van der Waals surface area contributed by atoms with E-state index in [0.717, 1.165) is 16.9 Å². The Morgan fingerprint density at radius 1 is 1.23 bits per heavy atom. The number of carbonyl (C=O) groups is 3. The molecule has 2 atom stereocenters. The average Bonchev–Trinajstić information content (AvgIpc) is 2.83. The van der Waals surface area contributed by atoms with E-state index in [4.69, 9.17) is 5.14 Å². The lowest BCUT2D eigenvalue weighted by atomic mass is 9.64. The third kappa shape index (κ3) is 5.24. The number of nitrogens with one attached hydrogen (secondary N) is 2. The molecule has 1 spiro atoms. The molecule has 1 aliphatic carbocycles. The minimum atomic E-state index is -3.75. The van der Waals surface area contributed by atoms with Gasteiger partial charge in [-0.3, -0.25) is 14.5 Å². The van der Waals surface area contributed by atoms with Crippen molar-refractivity contribution in [2.24, 2.45) is 16.5 Å². The third-order valence-electron chi connectivity index (χ3n) is 5.91. The van der Waals surface area contributed by atoms with Crippen LogP contribution < -0.4 is 15.8 Å². The van der Waals surface area contributed by atoms with Crippen molar-refractivity contribution in [3.63, 3.8) is 0 Å². The van der Waals surface area contributed by atoms with E-state index < -0.39 is 27.5 Å². The highest BCUT2D eigenvalue weighted by molar-refractivity contribution is 7.89. The molecule has 10 heteroatoms. The Bertz CT molecular complexity index is 990. The number of nitrogens with zero attached hydrogens (tertiary/aromatic N) is 1. The van der Waals surface area contributed by atoms with Crippen molar-refractivity contribution < 1.29 is 22.8 Å². The lowest BCUT2D eigenvalue weighted by Gasteiger charge is -2.43. The van der Waals surface area contributed by atoms with Crippen LogP contribution in [0.3, 0.4) is 0 Å². The van der Waals surface area contributed by atoms with Gasteiger partial charge in [-0.25, -0.2) is 18.4 Å². The summed E-state index contributed by atoms with van der Waals surface area (Å²) in [5.74, 6) is -0.460. The number of imide groups is 1. The molecule has 4 amide bonds. The second-order valence-corrected chi connectivity index (χ2v) is 11.1. The van der Waals surface area contributed by atoms with Crippen LogP contribution in [0.5, 0.6) is 0 Å². The molecule has 0 aromatic heterocycles. The molecular weight excluding hydrogens is 420 g/mol. The van der Waals surface area contributed by atoms with E-state index in [9.17, 15) is 22.8 Å². The second-order valence-electron chi connectivity index (χ2n) is 9.55. The van der Waals surface area contributed by atoms with E-state index >= 15 is 0 Å². The van der Waals surface area contributed by atoms with Gasteiger partial charge in [0.25, 0.3) is 5.91 Å². The number of hydrogen-bond acceptors (Lipinski definition) is 5. The number of carbonyl (C=O) groups excluding carboxylic acids is 3. The number of sulfonamides is 1. The highest BCUT2D eigenvalue weighted by atomic mass is 32.2. The summed E-state index contributed by atoms with van der Waals surface area (Å²) in [6.07, 6.45) is 2.58. The summed E-state index contributed by atoms with van der Waals surface area (Å²) in [5.41, 5.74) is -0.179. The topological polar surface area (TPSA) is 139 Å². The molecule has 2 aliphatic rings. The highest BCUT2D eigenvalue weighted by Gasteiger charge is 2.56. The summed E-state index contributed by atoms with van der Waals surface area (Å²) in [6, 6.07) is 5.54. The lowest BCUT2D eigenvalue weighted by molar-refractivity contribution is -0.137. The van der Waals surface area contributed by atoms with Crippen molar-refractivity contribution in [2.45, 2.75) is 56.9 Å². The van der Waals surface area contributed by atoms with Crippen LogP contribution in [0.25, 0.3) is 0 Å². The predicted octanol–water partition coefficient (Wildman–Crippen LogP) is 1.13. The molecule has 9 nitrogen and oxygen atoms in total. The monoisotopic (exact) mass is 450 g/mol. The molecule has 0 radical (unpaired) electrons. The highest BCUT2D eigenvalue weighted by Crippen LogP contribution is 2.46. The Morgan fingerprint density at radius 2 is 1.87 bits per heavy atom. The van der Waals surface area contributed by atoms with Gasteiger partial charge in [-0.05, 0) is 54.7 Å². The van der Waals surface area contributed by atoms with E-state index in [1.165, 1.54) is 12.1 Å². The molecule has 31 heavy (non-hydrogen) atoms. The molecule has 4 N–H and O–H groups in total. The molecular formula is C21H30N4O5S. The zero-order valence-corrected chi connectivity index (χ0v) is 18.9. The Hall–Kier alpha value is -2.46. The van der Waals surface area contributed by atoms with Gasteiger partial charge in [-0.1, -0.05) is 32.9 Å². The van der Waals surface area contributed by atoms with Crippen molar-refractivity contribution in [1.82, 2.24) is 15.5 Å². The summed E-state index contributed by atoms with van der Waals surface area (Å²) < 4.78 is 22.6. The standard InChI is InChI=1S/C21H30N4O5S/c1-14-10-20(2,3)13-21(11-14)18(27)25(19(28)24-21)12-17(26)23-9-8-15-4-6-16(7-5-15)31(22,29)30/h4-7,14H,8-13H2,1-3H3,(H,23,26)(H,24,28)(H2,22,29,30)/t14-,21-/m0/s1. The first-order chi connectivity index (χ1) is 14.3. The first-order valence-electron chi connectivity index (χ1n) is 10.3. The fourth-order valence-electron chi connectivity index (χ4n) is 5.04. The number of nitrogens with two attached hydrogens (primary N) is 1. The number of hydrogen-bond donors (Lipinski definition) is 3. The maximum atomic E-state index is 13.1. The molecule has 1 aromatic carbocycles. The Morgan fingerprint density at radius 3 is 2.45 bits per heavy atom. The van der Waals surface area contributed by atoms with Gasteiger partial charge in [0.05, 0.1) is 4.90 Å². The normalized spacial score (nSPS) is 25.5. The van der Waals surface area contributed by atoms with Gasteiger partial charge >= 0.3 is 6.03 Å². The maximum absolute atomic E-state index is 13.1. The largest absolute Gasteiger partial charge is 0.354 e. The van der Waals surface area contributed by atoms with Crippen molar-refractivity contribution >= 4 is 27.9 Å². The Labute approximate surface area is 182 Å². The predicted molar refractivity (Wildman–Crippen MR) is 114 cm³/mol. The van der Waals surface area contributed by atoms with Crippen LogP contribution >= 0.6 is 0 Å². The molecule has 170 valence electrons. The first-order valence-corrected chi connectivity index (χ1v) is 11.9. The van der Waals surface area contributed by atoms with E-state index in [1.54, 1.807) is 12.1 Å². The van der Waals surface area contributed by atoms with Crippen LogP contribution in [0.2, 0.25) is 0 Å². The van der Waals surface area contributed by atoms with Gasteiger partial charge in [0, 0.05) is 6.54 Å². The number of rotatable bonds is 6. The van der Waals surface area contributed by atoms with E-state index in [0.29, 0.717) is 25.2 Å². The van der Waals surface area contributed by atoms with Gasteiger partial charge in [0.1, 0.15) is 12.1 Å². The third-order valence-corrected chi connectivity index (χ3v) is 6.84. The summed E-state index contributed by atoms with van der Waals surface area (Å²) in [6.45, 7) is 6.22. The molecule has 1 aliphatic heterocycles. The van der Waals surface area contributed by atoms with E-state index in [2.05, 4.69) is 31.4 Å². The summed E-state index contributed by atoms with van der Waals surface area (Å²) in [5, 5.41) is 10.6. The number of urea groups is 1. The Balaban J connectivity index is 1.55. The molecule has 0 unspecified atom stereocenters. The van der Waals surface area contributed by atoms with Crippen LogP contribution in [0.1, 0.15) is 45.6 Å². The molecule has 1 heterocycles. The second kappa shape index (κ2) is 8.23. The fraction of sp³-hybridized carbons (Fsp3) is 0.571. The molecule has 1 saturated heterocycles. The minimum absolute atomic E-state index is 0.0213. The number of benzene rings is 1. The molecule has 3 rings (SSSR count). The van der Waals surface area contributed by atoms with Crippen LogP contribution in [-0.4, -0.2) is 49.8 Å². The summed E-state index contributed by atoms with van der Waals surface area (Å²) in [4.78, 5) is 38.9. The first kappa shape index (κ1) is 23.2. The number of amides is 4. The molecule has 2 fully saturated rings. The van der Waals surface area contributed by atoms with Crippen molar-refractivity contribution in [1.29, 1.82) is 0 Å². The van der Waals surface area contributed by atoms with Crippen LogP contribution in [-0.2, 0) is 26.0 Å². The molecule has 1 aromatic rings. The lowest BCUT2D eigenvalue weighted by Crippen LogP contribution is -2.54. The Kier molecular flexibility index (Phi) is 6.16. The minimum Gasteiger partial charge on any atom is -0.354 e. The summed E-state index contributed by atoms with van der Waals surface area (Å²) in [7, 11) is -3.75. The fourth-order valence-corrected chi connectivity index (χ4v) is 5.56. The molecule has 0 bridgehead atoms. The zero-order chi connectivity index (χ0) is 23.0. The maximum Gasteiger partial charge on any atom is 0.325 e. The number of primary sulfonamides is 1. The van der Waals surface area contributed by atoms with E-state index in [1.807, 2.05) is 0 Å². The van der Waals surface area contributed by atoms with Gasteiger partial charge in [-0.2, -0.15) is 0 Å². The van der Waals surface area contributed by atoms with Gasteiger partial charge < -0.3 is 10.6 Å². The molecule has 1 saturated carbocycles. The average molecular weight is 451 g/mol. The summed E-state index contributed by atoms with van der Waals surface area (Å²) >= 11 is 0.